The lowest BCUT2D eigenvalue weighted by molar-refractivity contribution is 0.0526. The molecule has 0 unspecified atom stereocenters. The molecule has 0 N–H and O–H groups in total. The van der Waals surface area contributed by atoms with Crippen molar-refractivity contribution in [3.63, 3.8) is 0 Å². The van der Waals surface area contributed by atoms with E-state index in [-0.39, 0.29) is 12.6 Å². The Morgan fingerprint density at radius 1 is 0.972 bits per heavy atom. The van der Waals surface area contributed by atoms with Crippen LogP contribution >= 0.6 is 0 Å². The Morgan fingerprint density at radius 2 is 1.72 bits per heavy atom. The van der Waals surface area contributed by atoms with Crippen molar-refractivity contribution in [1.29, 1.82) is 0 Å². The average Bonchev–Trinajstić information content (AvgIpc) is 3.53. The van der Waals surface area contributed by atoms with Gasteiger partial charge in [0.05, 0.1) is 38.2 Å². The van der Waals surface area contributed by atoms with Crippen LogP contribution in [-0.2, 0) is 11.3 Å². The molecular weight excluding hydrogens is 456 g/mol. The fraction of sp³-hybridized carbons (Fsp3) is 0.222. The molecule has 0 amide bonds. The van der Waals surface area contributed by atoms with E-state index in [1.165, 1.54) is 39.3 Å². The van der Waals surface area contributed by atoms with Gasteiger partial charge in [-0.3, -0.25) is 4.68 Å². The summed E-state index contributed by atoms with van der Waals surface area (Å²) in [5.74, 6) is 0.188. The number of nitrogens with zero attached hydrogens (tertiary/aromatic N) is 6. The Labute approximate surface area is 208 Å². The molecule has 0 spiro atoms. The Balaban J connectivity index is 1.44. The monoisotopic (exact) mass is 482 g/mol. The third-order valence-corrected chi connectivity index (χ3v) is 5.99. The second-order valence-corrected chi connectivity index (χ2v) is 8.43. The van der Waals surface area contributed by atoms with Crippen molar-refractivity contribution in [1.82, 2.24) is 29.5 Å². The van der Waals surface area contributed by atoms with Crippen LogP contribution in [0, 0.1) is 13.8 Å². The molecule has 0 atom stereocenters. The van der Waals surface area contributed by atoms with E-state index in [9.17, 15) is 4.79 Å². The van der Waals surface area contributed by atoms with Crippen LogP contribution in [0.15, 0.2) is 61.1 Å². The summed E-state index contributed by atoms with van der Waals surface area (Å²) in [6.07, 6.45) is 4.62. The molecule has 0 bridgehead atoms. The molecule has 0 radical (unpaired) electrons. The van der Waals surface area contributed by atoms with E-state index in [2.05, 4.69) is 76.5 Å². The van der Waals surface area contributed by atoms with E-state index in [1.807, 2.05) is 4.68 Å². The first-order chi connectivity index (χ1) is 17.5. The molecular formula is C27H26N6O3. The topological polar surface area (TPSA) is 97.0 Å². The van der Waals surface area contributed by atoms with Crippen LogP contribution in [0.4, 0.5) is 0 Å². The van der Waals surface area contributed by atoms with Crippen LogP contribution < -0.4 is 4.74 Å². The Morgan fingerprint density at radius 3 is 2.42 bits per heavy atom. The van der Waals surface area contributed by atoms with Gasteiger partial charge in [-0.2, -0.15) is 15.2 Å². The summed E-state index contributed by atoms with van der Waals surface area (Å²) in [6.45, 7) is 6.83. The maximum absolute atomic E-state index is 12.0. The van der Waals surface area contributed by atoms with Crippen molar-refractivity contribution >= 4 is 17.0 Å². The van der Waals surface area contributed by atoms with Gasteiger partial charge in [-0.05, 0) is 48.6 Å². The minimum atomic E-state index is -0.451. The van der Waals surface area contributed by atoms with Crippen LogP contribution in [0.2, 0.25) is 0 Å². The van der Waals surface area contributed by atoms with Gasteiger partial charge >= 0.3 is 5.97 Å². The fourth-order valence-corrected chi connectivity index (χ4v) is 4.29. The van der Waals surface area contributed by atoms with E-state index in [0.717, 1.165) is 5.56 Å². The summed E-state index contributed by atoms with van der Waals surface area (Å²) in [7, 11) is 1.55. The summed E-state index contributed by atoms with van der Waals surface area (Å²) in [5, 5.41) is 8.73. The molecule has 182 valence electrons. The summed E-state index contributed by atoms with van der Waals surface area (Å²) in [6, 6.07) is 14.8. The highest BCUT2D eigenvalue weighted by atomic mass is 16.5. The van der Waals surface area contributed by atoms with Crippen molar-refractivity contribution in [2.24, 2.45) is 0 Å². The molecule has 3 aromatic heterocycles. The van der Waals surface area contributed by atoms with Gasteiger partial charge in [-0.1, -0.05) is 42.5 Å². The zero-order valence-corrected chi connectivity index (χ0v) is 20.6. The number of esters is 1. The molecule has 0 aliphatic heterocycles. The van der Waals surface area contributed by atoms with Gasteiger partial charge in [-0.15, -0.1) is 0 Å². The number of fused-ring (bicyclic) bond motifs is 1. The second-order valence-electron chi connectivity index (χ2n) is 8.43. The number of hydrogen-bond donors (Lipinski definition) is 0. The van der Waals surface area contributed by atoms with Crippen molar-refractivity contribution < 1.29 is 14.3 Å². The van der Waals surface area contributed by atoms with Crippen molar-refractivity contribution in [3.05, 3.63) is 83.3 Å². The maximum atomic E-state index is 12.0. The number of benzene rings is 2. The van der Waals surface area contributed by atoms with Crippen molar-refractivity contribution in [2.45, 2.75) is 27.3 Å². The van der Waals surface area contributed by atoms with Crippen molar-refractivity contribution in [2.75, 3.05) is 13.7 Å². The largest absolute Gasteiger partial charge is 0.479 e. The summed E-state index contributed by atoms with van der Waals surface area (Å²) in [5.41, 5.74) is 7.66. The predicted molar refractivity (Wildman–Crippen MR) is 135 cm³/mol. The standard InChI is InChI=1S/C27H26N6O3/c1-5-36-26(34)21-13-28-33(16-21)27-30-22-14-29-32(24(22)25(31-27)35-4)15-19-9-11-20(12-10-19)23-17(2)7-6-8-18(23)3/h6-14,16H,5,15H2,1-4H3. The van der Waals surface area contributed by atoms with Gasteiger partial charge in [0.1, 0.15) is 11.0 Å². The third-order valence-electron chi connectivity index (χ3n) is 5.99. The van der Waals surface area contributed by atoms with Gasteiger partial charge in [0.25, 0.3) is 5.95 Å². The number of hydrogen-bond acceptors (Lipinski definition) is 7. The van der Waals surface area contributed by atoms with E-state index < -0.39 is 5.97 Å². The zero-order valence-electron chi connectivity index (χ0n) is 20.6. The molecule has 36 heavy (non-hydrogen) atoms. The molecule has 9 heteroatoms. The molecule has 9 nitrogen and oxygen atoms in total. The van der Waals surface area contributed by atoms with Gasteiger partial charge in [0, 0.05) is 6.20 Å². The normalized spacial score (nSPS) is 11.1. The molecule has 0 fully saturated rings. The van der Waals surface area contributed by atoms with Crippen LogP contribution in [0.3, 0.4) is 0 Å². The van der Waals surface area contributed by atoms with Gasteiger partial charge < -0.3 is 9.47 Å². The summed E-state index contributed by atoms with van der Waals surface area (Å²) < 4.78 is 13.8. The summed E-state index contributed by atoms with van der Waals surface area (Å²) in [4.78, 5) is 21.1. The first-order valence-corrected chi connectivity index (χ1v) is 11.6. The Hall–Kier alpha value is -4.53. The van der Waals surface area contributed by atoms with Crippen LogP contribution in [-0.4, -0.2) is 49.2 Å². The van der Waals surface area contributed by atoms with Gasteiger partial charge in [0.2, 0.25) is 5.88 Å². The van der Waals surface area contributed by atoms with Crippen LogP contribution in [0.1, 0.15) is 34.0 Å². The van der Waals surface area contributed by atoms with E-state index in [4.69, 9.17) is 9.47 Å². The number of aromatic nitrogens is 6. The van der Waals surface area contributed by atoms with E-state index >= 15 is 0 Å². The van der Waals surface area contributed by atoms with E-state index in [1.54, 1.807) is 20.2 Å². The number of methoxy groups -OCH3 is 1. The Kier molecular flexibility index (Phi) is 6.20. The lowest BCUT2D eigenvalue weighted by Crippen LogP contribution is -2.07. The van der Waals surface area contributed by atoms with Crippen molar-refractivity contribution in [3.8, 4) is 23.0 Å². The number of carbonyl (C=O) groups is 1. The quantitative estimate of drug-likeness (QED) is 0.314. The van der Waals surface area contributed by atoms with Crippen LogP contribution in [0.5, 0.6) is 5.88 Å². The number of carbonyl (C=O) groups excluding carboxylic acids is 1. The lowest BCUT2D eigenvalue weighted by atomic mass is 9.95. The molecule has 3 heterocycles. The SMILES string of the molecule is CCOC(=O)c1cnn(-c2nc(OC)c3c(cnn3Cc3ccc(-c4c(C)cccc4C)cc3)n2)c1. The smallest absolute Gasteiger partial charge is 0.341 e. The molecule has 5 rings (SSSR count). The molecule has 0 aliphatic carbocycles. The minimum Gasteiger partial charge on any atom is -0.479 e. The van der Waals surface area contributed by atoms with E-state index in [0.29, 0.717) is 29.0 Å². The van der Waals surface area contributed by atoms with Gasteiger partial charge in [0.15, 0.2) is 0 Å². The predicted octanol–water partition coefficient (Wildman–Crippen LogP) is 4.53. The molecule has 5 aromatic rings. The zero-order chi connectivity index (χ0) is 25.2. The third kappa shape index (κ3) is 4.31. The Bertz CT molecular complexity index is 1530. The fourth-order valence-electron chi connectivity index (χ4n) is 4.29. The number of rotatable bonds is 7. The highest BCUT2D eigenvalue weighted by molar-refractivity contribution is 5.88. The highest BCUT2D eigenvalue weighted by Gasteiger charge is 2.18. The highest BCUT2D eigenvalue weighted by Crippen LogP contribution is 2.28. The minimum absolute atomic E-state index is 0.271. The van der Waals surface area contributed by atoms with Crippen LogP contribution in [0.25, 0.3) is 28.1 Å². The molecule has 0 aliphatic rings. The van der Waals surface area contributed by atoms with Gasteiger partial charge in [-0.25, -0.2) is 14.5 Å². The first kappa shape index (κ1) is 23.2. The first-order valence-electron chi connectivity index (χ1n) is 11.6. The molecule has 2 aromatic carbocycles. The number of ether oxygens (including phenoxy) is 2. The maximum Gasteiger partial charge on any atom is 0.341 e. The second kappa shape index (κ2) is 9.61. The summed E-state index contributed by atoms with van der Waals surface area (Å²) >= 11 is 0. The average molecular weight is 483 g/mol. The molecule has 0 saturated carbocycles. The lowest BCUT2D eigenvalue weighted by Gasteiger charge is -2.11. The molecule has 0 saturated heterocycles. The number of aryl methyl sites for hydroxylation is 2.